The number of pyridine rings is 2. The molecule has 2 aromatic heterocycles. The maximum Gasteiger partial charge on any atom is 0.214 e. The van der Waals surface area contributed by atoms with Crippen molar-refractivity contribution in [1.82, 2.24) is 0 Å². The molecule has 0 aliphatic carbocycles. The Bertz CT molecular complexity index is 680. The zero-order valence-corrected chi connectivity index (χ0v) is 11.4. The largest absolute Gasteiger partial charge is 0.222 e. The molecule has 0 fully saturated rings. The van der Waals surface area contributed by atoms with Crippen LogP contribution in [0.1, 0.15) is 5.56 Å². The first-order chi connectivity index (χ1) is 9.36. The minimum atomic E-state index is -4.94. The topological polar surface area (TPSA) is 96.3 Å². The summed E-state index contributed by atoms with van der Waals surface area (Å²) in [5.74, 6) is 0. The van der Waals surface area contributed by atoms with Gasteiger partial charge in [-0.3, -0.25) is 0 Å². The van der Waals surface area contributed by atoms with Gasteiger partial charge in [0.1, 0.15) is 0 Å². The third kappa shape index (κ3) is 3.63. The summed E-state index contributed by atoms with van der Waals surface area (Å²) >= 11 is 0. The van der Waals surface area contributed by atoms with Crippen LogP contribution in [0.15, 0.2) is 54.9 Å². The van der Waals surface area contributed by atoms with E-state index in [1.807, 2.05) is 0 Å². The molecule has 2 heterocycles. The van der Waals surface area contributed by atoms with Gasteiger partial charge >= 0.3 is 0 Å². The van der Waals surface area contributed by atoms with Crippen molar-refractivity contribution in [2.75, 3.05) is 0 Å². The average molecular weight is 294 g/mol. The molecule has 0 unspecified atom stereocenters. The van der Waals surface area contributed by atoms with Crippen LogP contribution >= 0.6 is 0 Å². The van der Waals surface area contributed by atoms with Gasteiger partial charge in [0.05, 0.1) is 0 Å². The Kier molecular flexibility index (Phi) is 4.17. The maximum absolute atomic E-state index is 8.49. The smallest absolute Gasteiger partial charge is 0.214 e. The molecular formula is C14H12ClNO4. The Hall–Kier alpha value is -1.76. The molecule has 0 saturated carbocycles. The van der Waals surface area contributed by atoms with E-state index in [2.05, 4.69) is 66.2 Å². The van der Waals surface area contributed by atoms with Gasteiger partial charge in [-0.25, -0.2) is 18.6 Å². The van der Waals surface area contributed by atoms with Crippen molar-refractivity contribution in [3.05, 3.63) is 60.4 Å². The van der Waals surface area contributed by atoms with Crippen LogP contribution in [0.5, 0.6) is 0 Å². The minimum Gasteiger partial charge on any atom is -0.222 e. The molecule has 0 radical (unpaired) electrons. The number of aryl methyl sites for hydroxylation is 1. The summed E-state index contributed by atoms with van der Waals surface area (Å²) in [6, 6.07) is 14.8. The number of nitrogens with zero attached hydrogens (tertiary/aromatic N) is 1. The second kappa shape index (κ2) is 5.70. The predicted octanol–water partition coefficient (Wildman–Crippen LogP) is -1.87. The van der Waals surface area contributed by atoms with Gasteiger partial charge in [-0.15, -0.1) is 10.2 Å². The Labute approximate surface area is 117 Å². The first-order valence-corrected chi connectivity index (χ1v) is 7.00. The number of rotatable bonds is 0. The van der Waals surface area contributed by atoms with Gasteiger partial charge in [0.25, 0.3) is 0 Å². The molecule has 3 aromatic rings. The van der Waals surface area contributed by atoms with Gasteiger partial charge < -0.3 is 0 Å². The van der Waals surface area contributed by atoms with E-state index in [9.17, 15) is 0 Å². The monoisotopic (exact) mass is 293 g/mol. The van der Waals surface area contributed by atoms with Crippen LogP contribution in [0.2, 0.25) is 0 Å². The molecule has 104 valence electrons. The van der Waals surface area contributed by atoms with E-state index in [-0.39, 0.29) is 0 Å². The summed E-state index contributed by atoms with van der Waals surface area (Å²) in [4.78, 5) is 0. The van der Waals surface area contributed by atoms with E-state index in [0.717, 1.165) is 0 Å². The summed E-state index contributed by atoms with van der Waals surface area (Å²) in [5.41, 5.74) is 2.62. The molecule has 0 aliphatic heterocycles. The average Bonchev–Trinajstić information content (AvgIpc) is 2.37. The van der Waals surface area contributed by atoms with Gasteiger partial charge in [0.2, 0.25) is 5.52 Å². The summed E-state index contributed by atoms with van der Waals surface area (Å²) in [7, 11) is -4.94. The molecule has 5 nitrogen and oxygen atoms in total. The van der Waals surface area contributed by atoms with Crippen molar-refractivity contribution >= 4 is 16.3 Å². The second-order valence-electron chi connectivity index (χ2n) is 4.21. The summed E-state index contributed by atoms with van der Waals surface area (Å²) in [6.07, 6.45) is 4.27. The lowest BCUT2D eigenvalue weighted by Crippen LogP contribution is -2.68. The van der Waals surface area contributed by atoms with Crippen molar-refractivity contribution in [3.63, 3.8) is 0 Å². The van der Waals surface area contributed by atoms with E-state index in [4.69, 9.17) is 18.6 Å². The number of aromatic nitrogens is 1. The van der Waals surface area contributed by atoms with Crippen molar-refractivity contribution in [3.8, 4) is 0 Å². The molecule has 0 spiro atoms. The summed E-state index contributed by atoms with van der Waals surface area (Å²) in [6.45, 7) is 2.18. The molecule has 20 heavy (non-hydrogen) atoms. The maximum atomic E-state index is 8.49. The summed E-state index contributed by atoms with van der Waals surface area (Å²) < 4.78 is 36.2. The Morgan fingerprint density at radius 3 is 2.20 bits per heavy atom. The van der Waals surface area contributed by atoms with E-state index < -0.39 is 10.2 Å². The van der Waals surface area contributed by atoms with Crippen LogP contribution in [0.4, 0.5) is 0 Å². The van der Waals surface area contributed by atoms with Crippen LogP contribution in [0.3, 0.4) is 0 Å². The first-order valence-electron chi connectivity index (χ1n) is 5.76. The highest BCUT2D eigenvalue weighted by Gasteiger charge is 2.08. The number of halogens is 1. The van der Waals surface area contributed by atoms with Crippen LogP contribution < -0.4 is 23.0 Å². The van der Waals surface area contributed by atoms with E-state index >= 15 is 0 Å². The molecule has 0 bridgehead atoms. The fourth-order valence-electron chi connectivity index (χ4n) is 2.13. The van der Waals surface area contributed by atoms with Crippen molar-refractivity contribution < 1.29 is 33.3 Å². The molecule has 0 N–H and O–H groups in total. The Balaban J connectivity index is 0.000000257. The Morgan fingerprint density at radius 2 is 1.50 bits per heavy atom. The molecule has 1 aromatic carbocycles. The number of benzene rings is 1. The third-order valence-corrected chi connectivity index (χ3v) is 2.92. The minimum absolute atomic E-state index is 1.27. The first kappa shape index (κ1) is 14.6. The van der Waals surface area contributed by atoms with E-state index in [1.165, 1.54) is 21.9 Å². The third-order valence-electron chi connectivity index (χ3n) is 2.92. The second-order valence-corrected chi connectivity index (χ2v) is 4.97. The molecule has 0 atom stereocenters. The fourth-order valence-corrected chi connectivity index (χ4v) is 2.13. The quantitative estimate of drug-likeness (QED) is 0.358. The number of hydrogen-bond acceptors (Lipinski definition) is 4. The fraction of sp³-hybridized carbons (Fsp3) is 0.0714. The van der Waals surface area contributed by atoms with Crippen molar-refractivity contribution in [1.29, 1.82) is 0 Å². The molecule has 0 saturated heterocycles. The highest BCUT2D eigenvalue weighted by atomic mass is 35.7. The van der Waals surface area contributed by atoms with Crippen molar-refractivity contribution in [2.45, 2.75) is 6.92 Å². The molecule has 0 amide bonds. The molecule has 6 heteroatoms. The van der Waals surface area contributed by atoms with Gasteiger partial charge in [-0.2, -0.15) is 4.40 Å². The van der Waals surface area contributed by atoms with Gasteiger partial charge in [0, 0.05) is 23.1 Å². The van der Waals surface area contributed by atoms with E-state index in [1.54, 1.807) is 0 Å². The molecule has 0 aliphatic rings. The standard InChI is InChI=1S/C14H12N.ClHO4/c1-11-13-7-3-2-6-12(13)10-15-9-5-4-8-14(11)15;2-1(3,4)5/h2-10H,1H3;(H,2,3,4,5)/q+1;/p-1. The highest BCUT2D eigenvalue weighted by molar-refractivity contribution is 5.87. The van der Waals surface area contributed by atoms with Crippen LogP contribution in [-0.4, -0.2) is 0 Å². The lowest BCUT2D eigenvalue weighted by molar-refractivity contribution is -2.00. The Morgan fingerprint density at radius 1 is 0.900 bits per heavy atom. The van der Waals surface area contributed by atoms with Gasteiger partial charge in [-0.05, 0) is 24.4 Å². The lowest BCUT2D eigenvalue weighted by Gasteiger charge is -2.17. The summed E-state index contributed by atoms with van der Waals surface area (Å²) in [5, 5.41) is 2.63. The zero-order chi connectivity index (χ0) is 14.8. The van der Waals surface area contributed by atoms with Crippen LogP contribution in [0.25, 0.3) is 16.3 Å². The predicted molar refractivity (Wildman–Crippen MR) is 61.8 cm³/mol. The zero-order valence-electron chi connectivity index (χ0n) is 10.7. The normalized spacial score (nSPS) is 11.2. The van der Waals surface area contributed by atoms with Crippen LogP contribution in [-0.2, 0) is 0 Å². The number of fused-ring (bicyclic) bond motifs is 2. The van der Waals surface area contributed by atoms with E-state index in [0.29, 0.717) is 0 Å². The van der Waals surface area contributed by atoms with Crippen LogP contribution in [0, 0.1) is 17.2 Å². The molecule has 3 rings (SSSR count). The van der Waals surface area contributed by atoms with Crippen molar-refractivity contribution in [2.24, 2.45) is 0 Å². The number of hydrogen-bond donors (Lipinski definition) is 0. The molecular weight excluding hydrogens is 282 g/mol. The van der Waals surface area contributed by atoms with Gasteiger partial charge in [0.15, 0.2) is 12.4 Å². The SMILES string of the molecule is Cc1c2ccccc2c[n+]2ccccc12.[O-][Cl+3]([O-])([O-])[O-]. The van der Waals surface area contributed by atoms with Gasteiger partial charge in [-0.1, -0.05) is 18.2 Å². The highest BCUT2D eigenvalue weighted by Crippen LogP contribution is 2.18. The lowest BCUT2D eigenvalue weighted by atomic mass is 10.1.